The first-order chi connectivity index (χ1) is 9.77. The van der Waals surface area contributed by atoms with Crippen molar-refractivity contribution in [3.05, 3.63) is 12.2 Å². The van der Waals surface area contributed by atoms with E-state index in [1.807, 2.05) is 0 Å². The average molecular weight is 308 g/mol. The summed E-state index contributed by atoms with van der Waals surface area (Å²) < 4.78 is 0. The first-order valence-corrected chi connectivity index (χ1v) is 8.62. The van der Waals surface area contributed by atoms with Crippen LogP contribution >= 0.6 is 0 Å². The van der Waals surface area contributed by atoms with Crippen molar-refractivity contribution in [2.45, 2.75) is 96.8 Å². The van der Waals surface area contributed by atoms with Crippen LogP contribution < -0.4 is 5.11 Å². The van der Waals surface area contributed by atoms with Crippen molar-refractivity contribution in [2.24, 2.45) is 0 Å². The molecule has 0 aromatic rings. The second kappa shape index (κ2) is 19.7. The fourth-order valence-electron chi connectivity index (χ4n) is 2.34. The van der Waals surface area contributed by atoms with E-state index in [1.54, 1.807) is 0 Å². The molecule has 0 heterocycles. The SMILES string of the molecule is CCCCCCCC/C=C\CCCCCCCC(=O)[O-].[Al+]. The fraction of sp³-hybridized carbons (Fsp3) is 0.833. The number of rotatable bonds is 15. The molecule has 0 aromatic carbocycles. The summed E-state index contributed by atoms with van der Waals surface area (Å²) in [5.41, 5.74) is 0. The predicted octanol–water partition coefficient (Wildman–Crippen LogP) is 4.39. The second-order valence-corrected chi connectivity index (χ2v) is 5.71. The molecule has 0 aliphatic heterocycles. The fourth-order valence-corrected chi connectivity index (χ4v) is 2.34. The number of carboxylic acid groups (broad SMARTS) is 1. The quantitative estimate of drug-likeness (QED) is 0.256. The van der Waals surface area contributed by atoms with Crippen molar-refractivity contribution in [3.8, 4) is 0 Å². The van der Waals surface area contributed by atoms with E-state index in [2.05, 4.69) is 19.1 Å². The van der Waals surface area contributed by atoms with Gasteiger partial charge in [-0.25, -0.2) is 0 Å². The zero-order valence-corrected chi connectivity index (χ0v) is 15.1. The molecule has 0 fully saturated rings. The molecule has 0 amide bonds. The average Bonchev–Trinajstić information content (AvgIpc) is 2.43. The molecule has 0 bridgehead atoms. The van der Waals surface area contributed by atoms with Crippen LogP contribution in [-0.2, 0) is 4.79 Å². The first kappa shape index (κ1) is 23.0. The molecule has 0 spiro atoms. The number of aliphatic carboxylic acids is 1. The van der Waals surface area contributed by atoms with E-state index in [4.69, 9.17) is 0 Å². The third-order valence-electron chi connectivity index (χ3n) is 3.64. The van der Waals surface area contributed by atoms with Gasteiger partial charge in [-0.15, -0.1) is 0 Å². The van der Waals surface area contributed by atoms with Gasteiger partial charge < -0.3 is 9.90 Å². The van der Waals surface area contributed by atoms with E-state index in [0.29, 0.717) is 0 Å². The number of unbranched alkanes of at least 4 members (excludes halogenated alkanes) is 11. The van der Waals surface area contributed by atoms with Crippen molar-refractivity contribution in [2.75, 3.05) is 0 Å². The maximum atomic E-state index is 10.2. The van der Waals surface area contributed by atoms with E-state index >= 15 is 0 Å². The summed E-state index contributed by atoms with van der Waals surface area (Å²) in [5.74, 6) is -0.914. The molecule has 0 N–H and O–H groups in total. The Morgan fingerprint density at radius 2 is 1.19 bits per heavy atom. The normalized spacial score (nSPS) is 10.7. The third kappa shape index (κ3) is 22.2. The molecule has 0 aliphatic rings. The summed E-state index contributed by atoms with van der Waals surface area (Å²) in [6.07, 6.45) is 20.9. The number of hydrogen-bond donors (Lipinski definition) is 0. The van der Waals surface area contributed by atoms with Gasteiger partial charge in [-0.1, -0.05) is 70.4 Å². The zero-order chi connectivity index (χ0) is 14.9. The van der Waals surface area contributed by atoms with E-state index in [1.165, 1.54) is 64.2 Å². The molecule has 0 saturated carbocycles. The number of carbonyl (C=O) groups is 1. The summed E-state index contributed by atoms with van der Waals surface area (Å²) in [7, 11) is 0. The Balaban J connectivity index is 0. The minimum Gasteiger partial charge on any atom is -0.550 e. The molecule has 120 valence electrons. The monoisotopic (exact) mass is 308 g/mol. The number of carbonyl (C=O) groups excluding carboxylic acids is 1. The van der Waals surface area contributed by atoms with Gasteiger partial charge in [0.1, 0.15) is 0 Å². The van der Waals surface area contributed by atoms with Crippen LogP contribution in [0.1, 0.15) is 96.8 Å². The van der Waals surface area contributed by atoms with Crippen molar-refractivity contribution in [3.63, 3.8) is 0 Å². The maximum Gasteiger partial charge on any atom is 1.00 e. The van der Waals surface area contributed by atoms with Gasteiger partial charge in [0, 0.05) is 5.97 Å². The molecule has 0 rings (SSSR count). The molecule has 3 heteroatoms. The summed E-state index contributed by atoms with van der Waals surface area (Å²) in [6, 6.07) is 0. The van der Waals surface area contributed by atoms with Gasteiger partial charge in [0.15, 0.2) is 0 Å². The molecule has 0 unspecified atom stereocenters. The Labute approximate surface area is 142 Å². The van der Waals surface area contributed by atoms with E-state index in [-0.39, 0.29) is 23.8 Å². The number of allylic oxidation sites excluding steroid dienone is 2. The smallest absolute Gasteiger partial charge is 0.550 e. The van der Waals surface area contributed by atoms with Crippen LogP contribution in [0.15, 0.2) is 12.2 Å². The van der Waals surface area contributed by atoms with Gasteiger partial charge in [-0.05, 0) is 38.5 Å². The van der Waals surface area contributed by atoms with Gasteiger partial charge >= 0.3 is 17.4 Å². The van der Waals surface area contributed by atoms with Crippen LogP contribution in [0, 0.1) is 0 Å². The van der Waals surface area contributed by atoms with Crippen LogP contribution in [0.4, 0.5) is 0 Å². The third-order valence-corrected chi connectivity index (χ3v) is 3.64. The van der Waals surface area contributed by atoms with Gasteiger partial charge in [-0.3, -0.25) is 0 Å². The van der Waals surface area contributed by atoms with E-state index in [9.17, 15) is 9.90 Å². The number of hydrogen-bond acceptors (Lipinski definition) is 2. The molecular weight excluding hydrogens is 275 g/mol. The van der Waals surface area contributed by atoms with Crippen LogP contribution in [0.25, 0.3) is 0 Å². The predicted molar refractivity (Wildman–Crippen MR) is 90.2 cm³/mol. The zero-order valence-electron chi connectivity index (χ0n) is 13.9. The van der Waals surface area contributed by atoms with Crippen LogP contribution in [-0.4, -0.2) is 23.3 Å². The molecular formula is C18H33AlO2. The van der Waals surface area contributed by atoms with Crippen molar-refractivity contribution in [1.29, 1.82) is 0 Å². The summed E-state index contributed by atoms with van der Waals surface area (Å²) in [5, 5.41) is 10.2. The molecule has 2 radical (unpaired) electrons. The minimum atomic E-state index is -0.914. The van der Waals surface area contributed by atoms with E-state index in [0.717, 1.165) is 19.3 Å². The summed E-state index contributed by atoms with van der Waals surface area (Å²) in [4.78, 5) is 10.2. The minimum absolute atomic E-state index is 0. The Kier molecular flexibility index (Phi) is 21.6. The van der Waals surface area contributed by atoms with Crippen molar-refractivity contribution >= 4 is 23.3 Å². The van der Waals surface area contributed by atoms with Gasteiger partial charge in [0.25, 0.3) is 0 Å². The van der Waals surface area contributed by atoms with Crippen LogP contribution in [0.5, 0.6) is 0 Å². The topological polar surface area (TPSA) is 40.1 Å². The van der Waals surface area contributed by atoms with Crippen LogP contribution in [0.2, 0.25) is 0 Å². The summed E-state index contributed by atoms with van der Waals surface area (Å²) >= 11 is 0. The molecule has 2 nitrogen and oxygen atoms in total. The Morgan fingerprint density at radius 3 is 1.67 bits per heavy atom. The van der Waals surface area contributed by atoms with Gasteiger partial charge in [0.05, 0.1) is 0 Å². The number of carboxylic acids is 1. The Hall–Kier alpha value is -0.258. The van der Waals surface area contributed by atoms with Crippen molar-refractivity contribution in [1.82, 2.24) is 0 Å². The van der Waals surface area contributed by atoms with Gasteiger partial charge in [-0.2, -0.15) is 0 Å². The molecule has 0 aromatic heterocycles. The standard InChI is InChI=1S/C18H34O2.Al/c1-2-3-4-5-6-7-8-9-10-11-12-13-14-15-16-17-18(19)20;/h9-10H,2-8,11-17H2,1H3,(H,19,20);/q;+1/p-1/b10-9-;. The first-order valence-electron chi connectivity index (χ1n) is 8.62. The second-order valence-electron chi connectivity index (χ2n) is 5.71. The largest absolute Gasteiger partial charge is 1.00 e. The molecule has 0 atom stereocenters. The maximum absolute atomic E-state index is 10.2. The van der Waals surface area contributed by atoms with Crippen LogP contribution in [0.3, 0.4) is 0 Å². The van der Waals surface area contributed by atoms with Crippen molar-refractivity contribution < 1.29 is 9.90 Å². The molecule has 0 saturated heterocycles. The molecule has 21 heavy (non-hydrogen) atoms. The Bertz CT molecular complexity index is 239. The van der Waals surface area contributed by atoms with Gasteiger partial charge in [0.2, 0.25) is 0 Å². The molecule has 0 aliphatic carbocycles. The Morgan fingerprint density at radius 1 is 0.762 bits per heavy atom. The van der Waals surface area contributed by atoms with E-state index < -0.39 is 5.97 Å². The summed E-state index contributed by atoms with van der Waals surface area (Å²) in [6.45, 7) is 2.26.